The van der Waals surface area contributed by atoms with Gasteiger partial charge >= 0.3 is 17.8 Å². The highest BCUT2D eigenvalue weighted by molar-refractivity contribution is 6.35. The average Bonchev–Trinajstić information content (AvgIpc) is 2.97. The van der Waals surface area contributed by atoms with Gasteiger partial charge in [-0.15, -0.1) is 0 Å². The number of nitrogens with one attached hydrogen (secondary N) is 1. The van der Waals surface area contributed by atoms with Gasteiger partial charge in [-0.25, -0.2) is 4.79 Å². The van der Waals surface area contributed by atoms with Crippen molar-refractivity contribution in [2.24, 2.45) is 0 Å². The van der Waals surface area contributed by atoms with Gasteiger partial charge in [0.25, 0.3) is 0 Å². The standard InChI is InChI=1S/C30H29ClN4O5/c1-20(18-30(40,29(38)39)23-12-10-21(11-13-23)24-7-3-4-8-25(24)31)33-27(36)28(37)35-16-14-34(15-17-35)26-9-5-2-6-22(26)19-32/h2-13,20,40H,14-18H2,1H3,(H,33,36)(H,38,39). The Kier molecular flexibility index (Phi) is 8.73. The second-order valence-electron chi connectivity index (χ2n) is 9.71. The number of aliphatic carboxylic acids is 1. The van der Waals surface area contributed by atoms with Crippen molar-refractivity contribution in [3.8, 4) is 17.2 Å². The van der Waals surface area contributed by atoms with E-state index in [0.29, 0.717) is 23.7 Å². The van der Waals surface area contributed by atoms with Crippen molar-refractivity contribution in [2.75, 3.05) is 31.1 Å². The number of hydrogen-bond acceptors (Lipinski definition) is 6. The molecule has 3 aromatic rings. The summed E-state index contributed by atoms with van der Waals surface area (Å²) in [5.41, 5.74) is 0.682. The molecule has 1 aliphatic heterocycles. The van der Waals surface area contributed by atoms with Crippen LogP contribution in [0.25, 0.3) is 11.1 Å². The molecule has 40 heavy (non-hydrogen) atoms. The van der Waals surface area contributed by atoms with Gasteiger partial charge in [0.2, 0.25) is 0 Å². The van der Waals surface area contributed by atoms with Crippen LogP contribution in [0, 0.1) is 11.3 Å². The average molecular weight is 561 g/mol. The first-order valence-electron chi connectivity index (χ1n) is 12.8. The highest BCUT2D eigenvalue weighted by Gasteiger charge is 2.40. The summed E-state index contributed by atoms with van der Waals surface area (Å²) in [6.45, 7) is 3.02. The normalized spacial score (nSPS) is 15.4. The van der Waals surface area contributed by atoms with E-state index in [1.165, 1.54) is 24.0 Å². The summed E-state index contributed by atoms with van der Waals surface area (Å²) < 4.78 is 0. The number of carboxylic acid groups (broad SMARTS) is 1. The molecule has 1 saturated heterocycles. The van der Waals surface area contributed by atoms with E-state index in [2.05, 4.69) is 11.4 Å². The molecule has 2 atom stereocenters. The number of aliphatic hydroxyl groups is 1. The van der Waals surface area contributed by atoms with Crippen LogP contribution in [0.2, 0.25) is 5.02 Å². The first-order valence-corrected chi connectivity index (χ1v) is 13.2. The molecule has 1 heterocycles. The number of carboxylic acids is 1. The third kappa shape index (κ3) is 6.09. The molecule has 3 N–H and O–H groups in total. The molecule has 4 rings (SSSR count). The molecular formula is C30H29ClN4O5. The minimum Gasteiger partial charge on any atom is -0.479 e. The Balaban J connectivity index is 1.37. The number of piperazine rings is 1. The van der Waals surface area contributed by atoms with Crippen molar-refractivity contribution in [3.63, 3.8) is 0 Å². The van der Waals surface area contributed by atoms with Crippen LogP contribution in [0.3, 0.4) is 0 Å². The van der Waals surface area contributed by atoms with Crippen LogP contribution in [0.5, 0.6) is 0 Å². The number of carbonyl (C=O) groups is 3. The minimum atomic E-state index is -2.30. The number of anilines is 1. The number of halogens is 1. The zero-order chi connectivity index (χ0) is 28.9. The maximum absolute atomic E-state index is 12.8. The Morgan fingerprint density at radius 2 is 1.62 bits per heavy atom. The van der Waals surface area contributed by atoms with Gasteiger partial charge in [0.15, 0.2) is 5.60 Å². The van der Waals surface area contributed by atoms with Crippen LogP contribution < -0.4 is 10.2 Å². The molecule has 9 nitrogen and oxygen atoms in total. The molecule has 206 valence electrons. The fraction of sp³-hybridized carbons (Fsp3) is 0.267. The van der Waals surface area contributed by atoms with Crippen LogP contribution in [-0.2, 0) is 20.0 Å². The first kappa shape index (κ1) is 28.6. The molecule has 3 aromatic carbocycles. The number of amides is 2. The zero-order valence-corrected chi connectivity index (χ0v) is 22.6. The molecule has 0 aliphatic carbocycles. The van der Waals surface area contributed by atoms with Crippen LogP contribution in [-0.4, -0.2) is 65.1 Å². The van der Waals surface area contributed by atoms with Gasteiger partial charge in [0.05, 0.1) is 11.3 Å². The van der Waals surface area contributed by atoms with Gasteiger partial charge in [0.1, 0.15) is 6.07 Å². The van der Waals surface area contributed by atoms with Crippen LogP contribution in [0.15, 0.2) is 72.8 Å². The van der Waals surface area contributed by atoms with Crippen molar-refractivity contribution >= 4 is 35.1 Å². The summed E-state index contributed by atoms with van der Waals surface area (Å²) in [5, 5.41) is 33.4. The topological polar surface area (TPSA) is 134 Å². The molecule has 1 fully saturated rings. The third-order valence-electron chi connectivity index (χ3n) is 7.01. The number of hydrogen-bond donors (Lipinski definition) is 3. The molecule has 0 saturated carbocycles. The van der Waals surface area contributed by atoms with Crippen LogP contribution in [0.4, 0.5) is 5.69 Å². The van der Waals surface area contributed by atoms with E-state index < -0.39 is 29.4 Å². The number of nitriles is 1. The largest absolute Gasteiger partial charge is 0.479 e. The van der Waals surface area contributed by atoms with Crippen molar-refractivity contribution in [2.45, 2.75) is 25.0 Å². The van der Waals surface area contributed by atoms with Gasteiger partial charge in [0, 0.05) is 49.2 Å². The number of benzene rings is 3. The molecule has 2 amide bonds. The predicted octanol–water partition coefficient (Wildman–Crippen LogP) is 3.39. The lowest BCUT2D eigenvalue weighted by atomic mass is 9.86. The molecule has 0 aromatic heterocycles. The van der Waals surface area contributed by atoms with E-state index in [0.717, 1.165) is 16.8 Å². The Morgan fingerprint density at radius 1 is 1.00 bits per heavy atom. The fourth-order valence-corrected chi connectivity index (χ4v) is 5.11. The van der Waals surface area contributed by atoms with Crippen molar-refractivity contribution in [1.29, 1.82) is 5.26 Å². The lowest BCUT2D eigenvalue weighted by Crippen LogP contribution is -2.54. The predicted molar refractivity (Wildman–Crippen MR) is 151 cm³/mol. The van der Waals surface area contributed by atoms with E-state index >= 15 is 0 Å². The second-order valence-corrected chi connectivity index (χ2v) is 10.1. The van der Waals surface area contributed by atoms with Crippen LogP contribution in [0.1, 0.15) is 24.5 Å². The zero-order valence-electron chi connectivity index (χ0n) is 21.9. The number of para-hydroxylation sites is 1. The van der Waals surface area contributed by atoms with Crippen molar-refractivity contribution in [1.82, 2.24) is 10.2 Å². The van der Waals surface area contributed by atoms with E-state index in [1.54, 1.807) is 36.4 Å². The monoisotopic (exact) mass is 560 g/mol. The minimum absolute atomic E-state index is 0.136. The summed E-state index contributed by atoms with van der Waals surface area (Å²) in [6.07, 6.45) is -0.356. The Morgan fingerprint density at radius 3 is 2.25 bits per heavy atom. The smallest absolute Gasteiger partial charge is 0.340 e. The van der Waals surface area contributed by atoms with Crippen molar-refractivity contribution in [3.05, 3.63) is 88.9 Å². The summed E-state index contributed by atoms with van der Waals surface area (Å²) in [7, 11) is 0. The number of rotatable bonds is 7. The highest BCUT2D eigenvalue weighted by atomic mass is 35.5. The summed E-state index contributed by atoms with van der Waals surface area (Å²) >= 11 is 6.26. The molecular weight excluding hydrogens is 532 g/mol. The Bertz CT molecular complexity index is 1450. The van der Waals surface area contributed by atoms with Gasteiger partial charge in [-0.3, -0.25) is 9.59 Å². The van der Waals surface area contributed by atoms with E-state index in [1.807, 2.05) is 29.2 Å². The molecule has 0 spiro atoms. The molecule has 1 aliphatic rings. The maximum atomic E-state index is 12.8. The lowest BCUT2D eigenvalue weighted by Gasteiger charge is -2.36. The summed E-state index contributed by atoms with van der Waals surface area (Å²) in [4.78, 5) is 41.1. The second kappa shape index (κ2) is 12.2. The maximum Gasteiger partial charge on any atom is 0.340 e. The third-order valence-corrected chi connectivity index (χ3v) is 7.34. The SMILES string of the molecule is CC(CC(O)(C(=O)O)c1ccc(-c2ccccc2Cl)cc1)NC(=O)C(=O)N1CCN(c2ccccc2C#N)CC1. The van der Waals surface area contributed by atoms with Gasteiger partial charge in [-0.05, 0) is 36.2 Å². The van der Waals surface area contributed by atoms with Crippen LogP contribution >= 0.6 is 11.6 Å². The summed E-state index contributed by atoms with van der Waals surface area (Å²) in [5.74, 6) is -3.08. The molecule has 2 unspecified atom stereocenters. The van der Waals surface area contributed by atoms with E-state index in [9.17, 15) is 29.9 Å². The van der Waals surface area contributed by atoms with Gasteiger partial charge < -0.3 is 25.3 Å². The van der Waals surface area contributed by atoms with Gasteiger partial charge in [-0.2, -0.15) is 5.26 Å². The highest BCUT2D eigenvalue weighted by Crippen LogP contribution is 2.32. The van der Waals surface area contributed by atoms with E-state index in [4.69, 9.17) is 11.6 Å². The Labute approximate surface area is 237 Å². The summed E-state index contributed by atoms with van der Waals surface area (Å²) in [6, 6.07) is 22.1. The van der Waals surface area contributed by atoms with Crippen molar-refractivity contribution < 1.29 is 24.6 Å². The quantitative estimate of drug-likeness (QED) is 0.377. The Hall–Kier alpha value is -4.39. The molecule has 0 bridgehead atoms. The number of nitrogens with zero attached hydrogens (tertiary/aromatic N) is 3. The number of carbonyl (C=O) groups excluding carboxylic acids is 2. The molecule has 0 radical (unpaired) electrons. The van der Waals surface area contributed by atoms with E-state index in [-0.39, 0.29) is 25.1 Å². The first-order chi connectivity index (χ1) is 19.1. The fourth-order valence-electron chi connectivity index (χ4n) is 4.87. The molecule has 10 heteroatoms. The lowest BCUT2D eigenvalue weighted by molar-refractivity contribution is -0.161. The van der Waals surface area contributed by atoms with Gasteiger partial charge in [-0.1, -0.05) is 66.2 Å².